The second kappa shape index (κ2) is 5.16. The van der Waals surface area contributed by atoms with Crippen LogP contribution >= 0.6 is 0 Å². The van der Waals surface area contributed by atoms with Gasteiger partial charge in [0.25, 0.3) is 0 Å². The van der Waals surface area contributed by atoms with Gasteiger partial charge in [0.05, 0.1) is 6.61 Å². The first-order valence-electron chi connectivity index (χ1n) is 5.38. The lowest BCUT2D eigenvalue weighted by Crippen LogP contribution is -2.48. The summed E-state index contributed by atoms with van der Waals surface area (Å²) >= 11 is 0. The van der Waals surface area contributed by atoms with Gasteiger partial charge in [-0.2, -0.15) is 0 Å². The summed E-state index contributed by atoms with van der Waals surface area (Å²) in [6.07, 6.45) is 4.61. The summed E-state index contributed by atoms with van der Waals surface area (Å²) in [4.78, 5) is 11.4. The van der Waals surface area contributed by atoms with Crippen LogP contribution in [0.3, 0.4) is 0 Å². The fraction of sp³-hybridized carbons (Fsp3) is 0.727. The van der Waals surface area contributed by atoms with Crippen LogP contribution < -0.4 is 10.6 Å². The normalized spacial score (nSPS) is 29.9. The summed E-state index contributed by atoms with van der Waals surface area (Å²) in [5.41, 5.74) is -0.161. The van der Waals surface area contributed by atoms with Crippen LogP contribution in [0.2, 0.25) is 0 Å². The number of amides is 2. The number of aliphatic hydroxyl groups is 1. The zero-order valence-corrected chi connectivity index (χ0v) is 9.25. The van der Waals surface area contributed by atoms with E-state index < -0.39 is 0 Å². The number of rotatable bonds is 4. The molecule has 0 bridgehead atoms. The van der Waals surface area contributed by atoms with Crippen molar-refractivity contribution < 1.29 is 9.90 Å². The highest BCUT2D eigenvalue weighted by Gasteiger charge is 2.38. The van der Waals surface area contributed by atoms with Crippen LogP contribution in [-0.2, 0) is 0 Å². The zero-order chi connectivity index (χ0) is 11.3. The van der Waals surface area contributed by atoms with Gasteiger partial charge in [0, 0.05) is 18.0 Å². The molecule has 0 unspecified atom stereocenters. The number of carbonyl (C=O) groups is 1. The predicted molar refractivity (Wildman–Crippen MR) is 59.6 cm³/mol. The van der Waals surface area contributed by atoms with Crippen molar-refractivity contribution in [2.75, 3.05) is 13.2 Å². The van der Waals surface area contributed by atoms with E-state index >= 15 is 0 Å². The van der Waals surface area contributed by atoms with Crippen LogP contribution in [0.15, 0.2) is 12.7 Å². The van der Waals surface area contributed by atoms with Crippen LogP contribution in [0.4, 0.5) is 4.79 Å². The van der Waals surface area contributed by atoms with E-state index in [1.165, 1.54) is 0 Å². The third-order valence-corrected chi connectivity index (χ3v) is 3.16. The third kappa shape index (κ3) is 2.96. The molecule has 3 N–H and O–H groups in total. The number of carbonyl (C=O) groups excluding carboxylic acids is 1. The van der Waals surface area contributed by atoms with Gasteiger partial charge in [-0.1, -0.05) is 19.4 Å². The molecule has 1 rings (SSSR count). The Kier molecular flexibility index (Phi) is 4.15. The highest BCUT2D eigenvalue weighted by molar-refractivity contribution is 5.74. The summed E-state index contributed by atoms with van der Waals surface area (Å²) in [6.45, 7) is 6.13. The molecule has 4 nitrogen and oxygen atoms in total. The standard InChI is InChI=1S/C11H20N2O2/c1-3-7-12-10(15)13-9-5-4-6-11(9,2)8-14/h3,9,14H,1,4-8H2,2H3,(H2,12,13,15)/t9-,11+/m0/s1. The van der Waals surface area contributed by atoms with E-state index in [-0.39, 0.29) is 24.1 Å². The van der Waals surface area contributed by atoms with Gasteiger partial charge in [-0.3, -0.25) is 0 Å². The van der Waals surface area contributed by atoms with Crippen molar-refractivity contribution in [2.45, 2.75) is 32.2 Å². The van der Waals surface area contributed by atoms with Gasteiger partial charge >= 0.3 is 6.03 Å². The Morgan fingerprint density at radius 1 is 1.73 bits per heavy atom. The Balaban J connectivity index is 2.43. The number of urea groups is 1. The molecule has 2 atom stereocenters. The van der Waals surface area contributed by atoms with Crippen LogP contribution in [0, 0.1) is 5.41 Å². The fourth-order valence-electron chi connectivity index (χ4n) is 2.04. The summed E-state index contributed by atoms with van der Waals surface area (Å²) < 4.78 is 0. The SMILES string of the molecule is C=CCNC(=O)N[C@H]1CCC[C@]1(C)CO. The minimum Gasteiger partial charge on any atom is -0.396 e. The molecular weight excluding hydrogens is 192 g/mol. The van der Waals surface area contributed by atoms with E-state index in [1.807, 2.05) is 6.92 Å². The van der Waals surface area contributed by atoms with E-state index in [0.717, 1.165) is 19.3 Å². The Hall–Kier alpha value is -1.03. The Labute approximate surface area is 90.7 Å². The quantitative estimate of drug-likeness (QED) is 0.609. The fourth-order valence-corrected chi connectivity index (χ4v) is 2.04. The maximum atomic E-state index is 11.4. The smallest absolute Gasteiger partial charge is 0.315 e. The van der Waals surface area contributed by atoms with Crippen molar-refractivity contribution in [3.8, 4) is 0 Å². The molecule has 0 spiro atoms. The minimum atomic E-state index is -0.179. The van der Waals surface area contributed by atoms with Crippen molar-refractivity contribution in [3.05, 3.63) is 12.7 Å². The van der Waals surface area contributed by atoms with Gasteiger partial charge in [0.1, 0.15) is 0 Å². The monoisotopic (exact) mass is 212 g/mol. The van der Waals surface area contributed by atoms with Crippen LogP contribution in [0.5, 0.6) is 0 Å². The minimum absolute atomic E-state index is 0.0762. The molecular formula is C11H20N2O2. The van der Waals surface area contributed by atoms with E-state index in [4.69, 9.17) is 0 Å². The van der Waals surface area contributed by atoms with Crippen molar-refractivity contribution in [1.29, 1.82) is 0 Å². The average molecular weight is 212 g/mol. The lowest BCUT2D eigenvalue weighted by atomic mass is 9.86. The number of nitrogens with one attached hydrogen (secondary N) is 2. The molecule has 1 fully saturated rings. The highest BCUT2D eigenvalue weighted by Crippen LogP contribution is 2.37. The van der Waals surface area contributed by atoms with Gasteiger partial charge in [0.2, 0.25) is 0 Å². The molecule has 0 aromatic heterocycles. The molecule has 1 aliphatic carbocycles. The van der Waals surface area contributed by atoms with E-state index in [1.54, 1.807) is 6.08 Å². The Morgan fingerprint density at radius 2 is 2.47 bits per heavy atom. The van der Waals surface area contributed by atoms with Crippen molar-refractivity contribution in [3.63, 3.8) is 0 Å². The largest absolute Gasteiger partial charge is 0.396 e. The lowest BCUT2D eigenvalue weighted by molar-refractivity contribution is 0.121. The zero-order valence-electron chi connectivity index (χ0n) is 9.25. The lowest BCUT2D eigenvalue weighted by Gasteiger charge is -2.29. The molecule has 1 saturated carbocycles. The Bertz CT molecular complexity index is 243. The Morgan fingerprint density at radius 3 is 3.07 bits per heavy atom. The van der Waals surface area contributed by atoms with Crippen LogP contribution in [-0.4, -0.2) is 30.3 Å². The first-order chi connectivity index (χ1) is 7.12. The molecule has 86 valence electrons. The third-order valence-electron chi connectivity index (χ3n) is 3.16. The van der Waals surface area contributed by atoms with Gasteiger partial charge in [-0.15, -0.1) is 6.58 Å². The molecule has 2 amide bonds. The summed E-state index contributed by atoms with van der Waals surface area (Å²) in [6, 6.07) is -0.103. The highest BCUT2D eigenvalue weighted by atomic mass is 16.3. The molecule has 0 radical (unpaired) electrons. The molecule has 0 saturated heterocycles. The molecule has 1 aliphatic rings. The molecule has 0 aromatic carbocycles. The summed E-state index contributed by atoms with van der Waals surface area (Å²) in [5, 5.41) is 14.9. The van der Waals surface area contributed by atoms with Crippen LogP contribution in [0.25, 0.3) is 0 Å². The number of hydrogen-bond acceptors (Lipinski definition) is 2. The average Bonchev–Trinajstić information content (AvgIpc) is 2.58. The molecule has 0 aliphatic heterocycles. The maximum absolute atomic E-state index is 11.4. The van der Waals surface area contributed by atoms with Crippen molar-refractivity contribution in [2.24, 2.45) is 5.41 Å². The summed E-state index contributed by atoms with van der Waals surface area (Å²) in [5.74, 6) is 0. The van der Waals surface area contributed by atoms with Crippen LogP contribution in [0.1, 0.15) is 26.2 Å². The molecule has 4 heteroatoms. The second-order valence-corrected chi connectivity index (χ2v) is 4.40. The van der Waals surface area contributed by atoms with Gasteiger partial charge in [-0.05, 0) is 12.8 Å². The van der Waals surface area contributed by atoms with E-state index in [0.29, 0.717) is 6.54 Å². The van der Waals surface area contributed by atoms with E-state index in [9.17, 15) is 9.90 Å². The van der Waals surface area contributed by atoms with Gasteiger partial charge in [-0.25, -0.2) is 4.79 Å². The second-order valence-electron chi connectivity index (χ2n) is 4.40. The molecule has 15 heavy (non-hydrogen) atoms. The maximum Gasteiger partial charge on any atom is 0.315 e. The topological polar surface area (TPSA) is 61.4 Å². The summed E-state index contributed by atoms with van der Waals surface area (Å²) in [7, 11) is 0. The molecule has 0 heterocycles. The van der Waals surface area contributed by atoms with Crippen molar-refractivity contribution >= 4 is 6.03 Å². The predicted octanol–water partition coefficient (Wildman–Crippen LogP) is 1.02. The number of aliphatic hydroxyl groups excluding tert-OH is 1. The van der Waals surface area contributed by atoms with Gasteiger partial charge < -0.3 is 15.7 Å². The first-order valence-corrected chi connectivity index (χ1v) is 5.38. The molecule has 0 aromatic rings. The van der Waals surface area contributed by atoms with Gasteiger partial charge in [0.15, 0.2) is 0 Å². The van der Waals surface area contributed by atoms with E-state index in [2.05, 4.69) is 17.2 Å². The van der Waals surface area contributed by atoms with Crippen molar-refractivity contribution in [1.82, 2.24) is 10.6 Å². The first kappa shape index (κ1) is 12.0. The number of hydrogen-bond donors (Lipinski definition) is 3.